The summed E-state index contributed by atoms with van der Waals surface area (Å²) >= 11 is 0. The van der Waals surface area contributed by atoms with Crippen LogP contribution in [0.5, 0.6) is 0 Å². The molecule has 1 rings (SSSR count). The standard InChI is InChI=1S/C9H19FN2/c1-3-11-9-5-6-12(4-2)7-8(9)10/h8-9,11H,3-7H2,1-2H3/t8-,9?/m0/s1. The Hall–Kier alpha value is -0.150. The third-order valence-corrected chi connectivity index (χ3v) is 2.54. The Morgan fingerprint density at radius 1 is 1.50 bits per heavy atom. The van der Waals surface area contributed by atoms with Crippen LogP contribution in [0.4, 0.5) is 4.39 Å². The highest BCUT2D eigenvalue weighted by Gasteiger charge is 2.27. The van der Waals surface area contributed by atoms with Crippen molar-refractivity contribution in [2.45, 2.75) is 32.5 Å². The summed E-state index contributed by atoms with van der Waals surface area (Å²) in [7, 11) is 0. The first-order valence-corrected chi connectivity index (χ1v) is 4.87. The summed E-state index contributed by atoms with van der Waals surface area (Å²) in [6.45, 7) is 7.60. The second-order valence-electron chi connectivity index (χ2n) is 3.36. The molecule has 0 aliphatic carbocycles. The van der Waals surface area contributed by atoms with E-state index >= 15 is 0 Å². The van der Waals surface area contributed by atoms with E-state index in [1.807, 2.05) is 6.92 Å². The highest BCUT2D eigenvalue weighted by Crippen LogP contribution is 2.13. The van der Waals surface area contributed by atoms with Gasteiger partial charge in [-0.1, -0.05) is 13.8 Å². The summed E-state index contributed by atoms with van der Waals surface area (Å²) in [5, 5.41) is 3.18. The molecule has 1 unspecified atom stereocenters. The van der Waals surface area contributed by atoms with Crippen molar-refractivity contribution in [3.8, 4) is 0 Å². The Labute approximate surface area is 74.1 Å². The van der Waals surface area contributed by atoms with E-state index in [-0.39, 0.29) is 6.04 Å². The first-order valence-electron chi connectivity index (χ1n) is 4.87. The lowest BCUT2D eigenvalue weighted by Gasteiger charge is -2.34. The molecule has 3 heteroatoms. The summed E-state index contributed by atoms with van der Waals surface area (Å²) < 4.78 is 13.4. The Bertz CT molecular complexity index is 130. The summed E-state index contributed by atoms with van der Waals surface area (Å²) in [5.41, 5.74) is 0. The van der Waals surface area contributed by atoms with E-state index < -0.39 is 6.17 Å². The first kappa shape index (κ1) is 9.93. The summed E-state index contributed by atoms with van der Waals surface area (Å²) in [6.07, 6.45) is 0.265. The molecule has 12 heavy (non-hydrogen) atoms. The third-order valence-electron chi connectivity index (χ3n) is 2.54. The largest absolute Gasteiger partial charge is 0.311 e. The molecular formula is C9H19FN2. The molecule has 72 valence electrons. The van der Waals surface area contributed by atoms with Crippen LogP contribution in [0.25, 0.3) is 0 Å². The fourth-order valence-corrected chi connectivity index (χ4v) is 1.75. The zero-order chi connectivity index (χ0) is 8.97. The monoisotopic (exact) mass is 174 g/mol. The van der Waals surface area contributed by atoms with E-state index in [0.717, 1.165) is 26.1 Å². The molecule has 2 nitrogen and oxygen atoms in total. The van der Waals surface area contributed by atoms with Gasteiger partial charge in [0.15, 0.2) is 0 Å². The average Bonchev–Trinajstić information content (AvgIpc) is 2.09. The molecule has 0 saturated carbocycles. The van der Waals surface area contributed by atoms with Gasteiger partial charge in [-0.3, -0.25) is 0 Å². The quantitative estimate of drug-likeness (QED) is 0.687. The van der Waals surface area contributed by atoms with Crippen LogP contribution in [-0.2, 0) is 0 Å². The molecule has 1 saturated heterocycles. The van der Waals surface area contributed by atoms with Crippen LogP contribution < -0.4 is 5.32 Å². The van der Waals surface area contributed by atoms with Crippen LogP contribution in [0.15, 0.2) is 0 Å². The van der Waals surface area contributed by atoms with Crippen molar-refractivity contribution in [1.82, 2.24) is 10.2 Å². The van der Waals surface area contributed by atoms with Crippen molar-refractivity contribution >= 4 is 0 Å². The van der Waals surface area contributed by atoms with Crippen molar-refractivity contribution in [2.24, 2.45) is 0 Å². The van der Waals surface area contributed by atoms with Gasteiger partial charge in [0.2, 0.25) is 0 Å². The minimum atomic E-state index is -0.682. The second-order valence-corrected chi connectivity index (χ2v) is 3.36. The molecule has 0 radical (unpaired) electrons. The Kier molecular flexibility index (Phi) is 3.95. The first-order chi connectivity index (χ1) is 5.77. The molecular weight excluding hydrogens is 155 g/mol. The number of hydrogen-bond acceptors (Lipinski definition) is 2. The second kappa shape index (κ2) is 4.77. The van der Waals surface area contributed by atoms with Gasteiger partial charge >= 0.3 is 0 Å². The maximum atomic E-state index is 13.4. The van der Waals surface area contributed by atoms with Crippen LogP contribution in [0.3, 0.4) is 0 Å². The van der Waals surface area contributed by atoms with Gasteiger partial charge in [-0.05, 0) is 26.1 Å². The van der Waals surface area contributed by atoms with Gasteiger partial charge < -0.3 is 10.2 Å². The molecule has 0 aromatic heterocycles. The van der Waals surface area contributed by atoms with Crippen LogP contribution in [0, 0.1) is 0 Å². The highest BCUT2D eigenvalue weighted by atomic mass is 19.1. The van der Waals surface area contributed by atoms with E-state index in [2.05, 4.69) is 17.1 Å². The number of nitrogens with zero attached hydrogens (tertiary/aromatic N) is 1. The number of halogens is 1. The van der Waals surface area contributed by atoms with E-state index in [9.17, 15) is 4.39 Å². The zero-order valence-electron chi connectivity index (χ0n) is 8.02. The van der Waals surface area contributed by atoms with Gasteiger partial charge in [0, 0.05) is 12.6 Å². The smallest absolute Gasteiger partial charge is 0.128 e. The molecule has 1 fully saturated rings. The van der Waals surface area contributed by atoms with Crippen molar-refractivity contribution in [3.05, 3.63) is 0 Å². The van der Waals surface area contributed by atoms with E-state index in [1.54, 1.807) is 0 Å². The number of piperidine rings is 1. The van der Waals surface area contributed by atoms with Gasteiger partial charge in [-0.2, -0.15) is 0 Å². The van der Waals surface area contributed by atoms with Crippen LogP contribution in [-0.4, -0.2) is 43.3 Å². The molecule has 0 aromatic carbocycles. The molecule has 1 aliphatic heterocycles. The fourth-order valence-electron chi connectivity index (χ4n) is 1.75. The van der Waals surface area contributed by atoms with E-state index in [1.165, 1.54) is 0 Å². The Balaban J connectivity index is 2.31. The van der Waals surface area contributed by atoms with E-state index in [0.29, 0.717) is 6.54 Å². The van der Waals surface area contributed by atoms with E-state index in [4.69, 9.17) is 0 Å². The average molecular weight is 174 g/mol. The maximum Gasteiger partial charge on any atom is 0.128 e. The SMILES string of the molecule is CCNC1CCN(CC)C[C@@H]1F. The molecule has 2 atom stereocenters. The minimum absolute atomic E-state index is 0.0952. The van der Waals surface area contributed by atoms with Crippen LogP contribution in [0.2, 0.25) is 0 Å². The maximum absolute atomic E-state index is 13.4. The van der Waals surface area contributed by atoms with Gasteiger partial charge in [-0.25, -0.2) is 4.39 Å². The number of alkyl halides is 1. The van der Waals surface area contributed by atoms with Gasteiger partial charge in [0.1, 0.15) is 6.17 Å². The number of likely N-dealkylation sites (tertiary alicyclic amines) is 1. The highest BCUT2D eigenvalue weighted by molar-refractivity contribution is 4.84. The molecule has 0 aromatic rings. The summed E-state index contributed by atoms with van der Waals surface area (Å²) in [4.78, 5) is 2.17. The van der Waals surface area contributed by atoms with Crippen molar-refractivity contribution < 1.29 is 4.39 Å². The third kappa shape index (κ3) is 2.42. The van der Waals surface area contributed by atoms with Crippen molar-refractivity contribution in [1.29, 1.82) is 0 Å². The molecule has 1 N–H and O–H groups in total. The molecule has 0 amide bonds. The summed E-state index contributed by atoms with van der Waals surface area (Å²) in [5.74, 6) is 0. The normalized spacial score (nSPS) is 32.2. The van der Waals surface area contributed by atoms with Gasteiger partial charge in [0.05, 0.1) is 0 Å². The van der Waals surface area contributed by atoms with Gasteiger partial charge in [0.25, 0.3) is 0 Å². The fraction of sp³-hybridized carbons (Fsp3) is 1.00. The van der Waals surface area contributed by atoms with Crippen LogP contribution in [0.1, 0.15) is 20.3 Å². The number of rotatable bonds is 3. The van der Waals surface area contributed by atoms with Crippen molar-refractivity contribution in [3.63, 3.8) is 0 Å². The lowest BCUT2D eigenvalue weighted by molar-refractivity contribution is 0.109. The predicted molar refractivity (Wildman–Crippen MR) is 49.1 cm³/mol. The molecule has 0 bridgehead atoms. The molecule has 0 spiro atoms. The number of hydrogen-bond donors (Lipinski definition) is 1. The lowest BCUT2D eigenvalue weighted by Crippen LogP contribution is -2.50. The molecule has 1 heterocycles. The summed E-state index contributed by atoms with van der Waals surface area (Å²) in [6, 6.07) is 0.0952. The topological polar surface area (TPSA) is 15.3 Å². The Morgan fingerprint density at radius 3 is 2.75 bits per heavy atom. The van der Waals surface area contributed by atoms with Gasteiger partial charge in [-0.15, -0.1) is 0 Å². The predicted octanol–water partition coefficient (Wildman–Crippen LogP) is 1.03. The molecule has 1 aliphatic rings. The minimum Gasteiger partial charge on any atom is -0.311 e. The Morgan fingerprint density at radius 2 is 2.25 bits per heavy atom. The van der Waals surface area contributed by atoms with Crippen LogP contribution >= 0.6 is 0 Å². The zero-order valence-corrected chi connectivity index (χ0v) is 8.02. The number of nitrogens with one attached hydrogen (secondary N) is 1. The lowest BCUT2D eigenvalue weighted by atomic mass is 10.0. The van der Waals surface area contributed by atoms with Crippen molar-refractivity contribution in [2.75, 3.05) is 26.2 Å².